The number of fused-ring (bicyclic) bond motifs is 1. The standard InChI is InChI=1S/C26H30BrN3O2S/c1-5-30-25-21(31-4)14-19(15-32-20-8-6-7-9-22(20)33-28)23(27)24(25)29-26(30)18-12-10-17(11-13-18)16(2)3/h6-14,16,26,29H,5,15,28H2,1-4H3. The molecular weight excluding hydrogens is 498 g/mol. The lowest BCUT2D eigenvalue weighted by Crippen LogP contribution is -2.27. The Morgan fingerprint density at radius 1 is 1.12 bits per heavy atom. The van der Waals surface area contributed by atoms with Crippen molar-refractivity contribution in [3.05, 3.63) is 75.8 Å². The van der Waals surface area contributed by atoms with E-state index in [9.17, 15) is 0 Å². The van der Waals surface area contributed by atoms with E-state index in [2.05, 4.69) is 77.2 Å². The summed E-state index contributed by atoms with van der Waals surface area (Å²) in [5, 5.41) is 9.51. The maximum atomic E-state index is 6.13. The molecule has 0 saturated heterocycles. The van der Waals surface area contributed by atoms with Crippen molar-refractivity contribution in [3.63, 3.8) is 0 Å². The van der Waals surface area contributed by atoms with Gasteiger partial charge in [-0.15, -0.1) is 0 Å². The summed E-state index contributed by atoms with van der Waals surface area (Å²) in [4.78, 5) is 3.25. The van der Waals surface area contributed by atoms with E-state index >= 15 is 0 Å². The number of para-hydroxylation sites is 1. The number of benzene rings is 3. The molecule has 33 heavy (non-hydrogen) atoms. The number of nitrogens with two attached hydrogens (primary N) is 1. The molecular formula is C26H30BrN3O2S. The second kappa shape index (κ2) is 10.3. The third-order valence-corrected chi connectivity index (χ3v) is 7.49. The molecule has 4 rings (SSSR count). The van der Waals surface area contributed by atoms with Crippen LogP contribution in [-0.4, -0.2) is 13.7 Å². The monoisotopic (exact) mass is 527 g/mol. The highest BCUT2D eigenvalue weighted by Gasteiger charge is 2.34. The second-order valence-corrected chi connectivity index (χ2v) is 9.75. The minimum Gasteiger partial charge on any atom is -0.494 e. The van der Waals surface area contributed by atoms with Gasteiger partial charge in [-0.05, 0) is 70.0 Å². The Morgan fingerprint density at radius 2 is 1.85 bits per heavy atom. The van der Waals surface area contributed by atoms with Gasteiger partial charge >= 0.3 is 0 Å². The van der Waals surface area contributed by atoms with Crippen molar-refractivity contribution >= 4 is 39.3 Å². The van der Waals surface area contributed by atoms with E-state index < -0.39 is 0 Å². The molecule has 3 aromatic rings. The normalized spacial score (nSPS) is 14.9. The van der Waals surface area contributed by atoms with Gasteiger partial charge in [0.25, 0.3) is 0 Å². The summed E-state index contributed by atoms with van der Waals surface area (Å²) in [6.07, 6.45) is 0.0296. The Hall–Kier alpha value is -2.35. The molecule has 0 amide bonds. The lowest BCUT2D eigenvalue weighted by atomic mass is 10.0. The zero-order valence-electron chi connectivity index (χ0n) is 19.4. The number of hydrogen-bond donors (Lipinski definition) is 2. The number of hydrogen-bond acceptors (Lipinski definition) is 6. The van der Waals surface area contributed by atoms with E-state index in [1.165, 1.54) is 23.1 Å². The fraction of sp³-hybridized carbons (Fsp3) is 0.308. The first-order chi connectivity index (χ1) is 16.0. The molecule has 1 atom stereocenters. The minimum absolute atomic E-state index is 0.0296. The van der Waals surface area contributed by atoms with Crippen molar-refractivity contribution in [2.75, 3.05) is 23.9 Å². The lowest BCUT2D eigenvalue weighted by Gasteiger charge is -2.27. The lowest BCUT2D eigenvalue weighted by molar-refractivity contribution is 0.297. The van der Waals surface area contributed by atoms with Crippen LogP contribution < -0.4 is 24.8 Å². The fourth-order valence-electron chi connectivity index (χ4n) is 4.19. The Bertz CT molecular complexity index is 1120. The van der Waals surface area contributed by atoms with Gasteiger partial charge in [0.15, 0.2) is 0 Å². The maximum absolute atomic E-state index is 6.13. The van der Waals surface area contributed by atoms with Crippen molar-refractivity contribution in [2.24, 2.45) is 5.14 Å². The summed E-state index contributed by atoms with van der Waals surface area (Å²) in [7, 11) is 1.72. The summed E-state index contributed by atoms with van der Waals surface area (Å²) >= 11 is 5.02. The van der Waals surface area contributed by atoms with E-state index in [-0.39, 0.29) is 6.17 Å². The molecule has 1 aliphatic heterocycles. The molecule has 7 heteroatoms. The molecule has 3 aromatic carbocycles. The van der Waals surface area contributed by atoms with Crippen molar-refractivity contribution in [3.8, 4) is 11.5 Å². The van der Waals surface area contributed by atoms with Crippen LogP contribution in [0.1, 0.15) is 49.5 Å². The van der Waals surface area contributed by atoms with Crippen LogP contribution in [-0.2, 0) is 6.61 Å². The van der Waals surface area contributed by atoms with Crippen molar-refractivity contribution in [1.82, 2.24) is 0 Å². The smallest absolute Gasteiger partial charge is 0.144 e. The minimum atomic E-state index is 0.0296. The predicted octanol–water partition coefficient (Wildman–Crippen LogP) is 7.08. The van der Waals surface area contributed by atoms with Crippen LogP contribution in [0.2, 0.25) is 0 Å². The summed E-state index contributed by atoms with van der Waals surface area (Å²) in [6.45, 7) is 7.83. The van der Waals surface area contributed by atoms with Crippen molar-refractivity contribution in [2.45, 2.75) is 44.4 Å². The SMILES string of the molecule is CCN1c2c(OC)cc(COc3ccccc3SN)c(Br)c2NC1c1ccc(C(C)C)cc1. The van der Waals surface area contributed by atoms with Crippen LogP contribution in [0.25, 0.3) is 0 Å². The Kier molecular flexibility index (Phi) is 7.41. The first kappa shape index (κ1) is 23.8. The average Bonchev–Trinajstić information content (AvgIpc) is 3.24. The quantitative estimate of drug-likeness (QED) is 0.305. The molecule has 0 aromatic heterocycles. The third kappa shape index (κ3) is 4.67. The number of rotatable bonds is 8. The maximum Gasteiger partial charge on any atom is 0.144 e. The van der Waals surface area contributed by atoms with E-state index in [0.29, 0.717) is 12.5 Å². The van der Waals surface area contributed by atoms with Crippen molar-refractivity contribution < 1.29 is 9.47 Å². The number of nitrogens with zero attached hydrogens (tertiary/aromatic N) is 1. The molecule has 0 aliphatic carbocycles. The van der Waals surface area contributed by atoms with Crippen LogP contribution in [0.3, 0.4) is 0 Å². The zero-order valence-corrected chi connectivity index (χ0v) is 21.8. The molecule has 1 heterocycles. The number of nitrogens with one attached hydrogen (secondary N) is 1. The fourth-order valence-corrected chi connectivity index (χ4v) is 5.12. The Morgan fingerprint density at radius 3 is 2.48 bits per heavy atom. The van der Waals surface area contributed by atoms with Gasteiger partial charge in [0, 0.05) is 16.6 Å². The average molecular weight is 529 g/mol. The van der Waals surface area contributed by atoms with E-state index in [0.717, 1.165) is 44.4 Å². The molecule has 1 aliphatic rings. The highest BCUT2D eigenvalue weighted by molar-refractivity contribution is 9.10. The van der Waals surface area contributed by atoms with Gasteiger partial charge in [0.2, 0.25) is 0 Å². The van der Waals surface area contributed by atoms with Gasteiger partial charge in [0.1, 0.15) is 30.0 Å². The zero-order chi connectivity index (χ0) is 23.5. The highest BCUT2D eigenvalue weighted by atomic mass is 79.9. The molecule has 0 fully saturated rings. The summed E-state index contributed by atoms with van der Waals surface area (Å²) in [5.74, 6) is 2.10. The van der Waals surface area contributed by atoms with Gasteiger partial charge < -0.3 is 19.7 Å². The highest BCUT2D eigenvalue weighted by Crippen LogP contribution is 2.51. The number of ether oxygens (including phenoxy) is 2. The molecule has 1 unspecified atom stereocenters. The van der Waals surface area contributed by atoms with Gasteiger partial charge in [-0.3, -0.25) is 5.14 Å². The summed E-state index contributed by atoms with van der Waals surface area (Å²) in [5.41, 5.74) is 5.65. The summed E-state index contributed by atoms with van der Waals surface area (Å²) in [6, 6.07) is 18.7. The first-order valence-corrected chi connectivity index (χ1v) is 12.8. The molecule has 0 radical (unpaired) electrons. The number of halogens is 1. The van der Waals surface area contributed by atoms with Gasteiger partial charge in [-0.25, -0.2) is 0 Å². The van der Waals surface area contributed by atoms with E-state index in [1.54, 1.807) is 7.11 Å². The third-order valence-electron chi connectivity index (χ3n) is 6.00. The van der Waals surface area contributed by atoms with Crippen LogP contribution in [0, 0.1) is 0 Å². The van der Waals surface area contributed by atoms with E-state index in [4.69, 9.17) is 14.6 Å². The molecule has 3 N–H and O–H groups in total. The van der Waals surface area contributed by atoms with E-state index in [1.807, 2.05) is 24.3 Å². The van der Waals surface area contributed by atoms with Gasteiger partial charge in [0.05, 0.1) is 17.7 Å². The van der Waals surface area contributed by atoms with Crippen molar-refractivity contribution in [1.29, 1.82) is 0 Å². The number of anilines is 2. The molecule has 0 spiro atoms. The van der Waals surface area contributed by atoms with Crippen LogP contribution >= 0.6 is 27.9 Å². The van der Waals surface area contributed by atoms with Crippen LogP contribution in [0.5, 0.6) is 11.5 Å². The number of methoxy groups -OCH3 is 1. The topological polar surface area (TPSA) is 59.8 Å². The van der Waals surface area contributed by atoms with Gasteiger partial charge in [-0.1, -0.05) is 50.2 Å². The van der Waals surface area contributed by atoms with Crippen LogP contribution in [0.15, 0.2) is 64.0 Å². The molecule has 0 saturated carbocycles. The molecule has 5 nitrogen and oxygen atoms in total. The first-order valence-electron chi connectivity index (χ1n) is 11.1. The predicted molar refractivity (Wildman–Crippen MR) is 141 cm³/mol. The Balaban J connectivity index is 1.66. The molecule has 174 valence electrons. The summed E-state index contributed by atoms with van der Waals surface area (Å²) < 4.78 is 12.9. The second-order valence-electron chi connectivity index (χ2n) is 8.28. The molecule has 0 bridgehead atoms. The van der Waals surface area contributed by atoms with Gasteiger partial charge in [-0.2, -0.15) is 0 Å². The van der Waals surface area contributed by atoms with Crippen LogP contribution in [0.4, 0.5) is 11.4 Å². The largest absolute Gasteiger partial charge is 0.494 e. The Labute approximate surface area is 208 Å².